The van der Waals surface area contributed by atoms with Crippen molar-refractivity contribution in [3.63, 3.8) is 0 Å². The monoisotopic (exact) mass is 323 g/mol. The van der Waals surface area contributed by atoms with Crippen LogP contribution in [0.1, 0.15) is 34.4 Å². The number of amides is 2. The fraction of sp³-hybridized carbons (Fsp3) is 0.667. The van der Waals surface area contributed by atoms with Crippen molar-refractivity contribution < 1.29 is 14.3 Å². The van der Waals surface area contributed by atoms with Gasteiger partial charge in [-0.2, -0.15) is 0 Å². The first-order chi connectivity index (χ1) is 10.7. The van der Waals surface area contributed by atoms with E-state index in [1.165, 1.54) is 11.3 Å². The van der Waals surface area contributed by atoms with E-state index in [4.69, 9.17) is 4.74 Å². The first kappa shape index (κ1) is 15.4. The number of hydrogen-bond acceptors (Lipinski definition) is 5. The van der Waals surface area contributed by atoms with Crippen molar-refractivity contribution in [3.05, 3.63) is 16.1 Å². The van der Waals surface area contributed by atoms with Gasteiger partial charge < -0.3 is 14.5 Å². The number of nitrogens with zero attached hydrogens (tertiary/aromatic N) is 3. The molecule has 1 unspecified atom stereocenters. The Kier molecular flexibility index (Phi) is 4.73. The molecule has 6 nitrogen and oxygen atoms in total. The highest BCUT2D eigenvalue weighted by Gasteiger charge is 2.31. The minimum absolute atomic E-state index is 0.0291. The van der Waals surface area contributed by atoms with Gasteiger partial charge in [-0.05, 0) is 19.3 Å². The van der Waals surface area contributed by atoms with Gasteiger partial charge in [-0.25, -0.2) is 4.98 Å². The van der Waals surface area contributed by atoms with E-state index >= 15 is 0 Å². The van der Waals surface area contributed by atoms with Gasteiger partial charge in [-0.1, -0.05) is 6.92 Å². The molecule has 3 heterocycles. The van der Waals surface area contributed by atoms with Crippen LogP contribution >= 0.6 is 11.3 Å². The fourth-order valence-electron chi connectivity index (χ4n) is 2.83. The molecule has 0 bridgehead atoms. The fourth-order valence-corrected chi connectivity index (χ4v) is 3.66. The highest BCUT2D eigenvalue weighted by atomic mass is 32.1. The van der Waals surface area contributed by atoms with E-state index in [-0.39, 0.29) is 17.9 Å². The number of ether oxygens (including phenoxy) is 1. The Bertz CT molecular complexity index is 546. The maximum Gasteiger partial charge on any atom is 0.265 e. The maximum atomic E-state index is 12.4. The van der Waals surface area contributed by atoms with Gasteiger partial charge in [0, 0.05) is 32.8 Å². The Morgan fingerprint density at radius 1 is 1.32 bits per heavy atom. The van der Waals surface area contributed by atoms with Crippen molar-refractivity contribution in [1.29, 1.82) is 0 Å². The Morgan fingerprint density at radius 3 is 2.64 bits per heavy atom. The van der Waals surface area contributed by atoms with E-state index in [1.807, 2.05) is 16.7 Å². The quantitative estimate of drug-likeness (QED) is 0.838. The third kappa shape index (κ3) is 3.15. The molecular formula is C15H21N3O3S. The van der Waals surface area contributed by atoms with Crippen LogP contribution in [0.2, 0.25) is 0 Å². The lowest BCUT2D eigenvalue weighted by Gasteiger charge is -2.35. The molecule has 2 aliphatic heterocycles. The van der Waals surface area contributed by atoms with E-state index in [0.29, 0.717) is 37.7 Å². The molecule has 2 amide bonds. The molecule has 7 heteroatoms. The predicted molar refractivity (Wildman–Crippen MR) is 82.9 cm³/mol. The summed E-state index contributed by atoms with van der Waals surface area (Å²) in [7, 11) is 0. The number of aryl methyl sites for hydroxylation is 1. The number of piperazine rings is 1. The average Bonchev–Trinajstić information content (AvgIpc) is 3.25. The van der Waals surface area contributed by atoms with Crippen LogP contribution in [-0.4, -0.2) is 65.5 Å². The lowest BCUT2D eigenvalue weighted by Crippen LogP contribution is -2.52. The van der Waals surface area contributed by atoms with Crippen molar-refractivity contribution in [3.8, 4) is 0 Å². The topological polar surface area (TPSA) is 62.7 Å². The second kappa shape index (κ2) is 6.75. The van der Waals surface area contributed by atoms with Gasteiger partial charge in [0.05, 0.1) is 11.2 Å². The smallest absolute Gasteiger partial charge is 0.265 e. The zero-order valence-electron chi connectivity index (χ0n) is 12.8. The van der Waals surface area contributed by atoms with Crippen molar-refractivity contribution >= 4 is 23.2 Å². The summed E-state index contributed by atoms with van der Waals surface area (Å²) in [5, 5.41) is 0.982. The third-order valence-electron chi connectivity index (χ3n) is 4.15. The Balaban J connectivity index is 1.54. The van der Waals surface area contributed by atoms with Crippen molar-refractivity contribution in [2.24, 2.45) is 0 Å². The van der Waals surface area contributed by atoms with Gasteiger partial charge in [-0.3, -0.25) is 9.59 Å². The minimum Gasteiger partial charge on any atom is -0.368 e. The molecule has 22 heavy (non-hydrogen) atoms. The van der Waals surface area contributed by atoms with Gasteiger partial charge in [0.25, 0.3) is 11.8 Å². The number of hydrogen-bond donors (Lipinski definition) is 0. The summed E-state index contributed by atoms with van der Waals surface area (Å²) in [6.07, 6.45) is 4.02. The zero-order chi connectivity index (χ0) is 15.5. The molecule has 2 saturated heterocycles. The van der Waals surface area contributed by atoms with Crippen LogP contribution in [0.25, 0.3) is 0 Å². The van der Waals surface area contributed by atoms with Crippen LogP contribution in [0.15, 0.2) is 6.20 Å². The Labute approximate surface area is 134 Å². The molecule has 2 aliphatic rings. The molecule has 1 atom stereocenters. The molecule has 1 aromatic rings. The van der Waals surface area contributed by atoms with Crippen LogP contribution in [0.5, 0.6) is 0 Å². The number of thiazole rings is 1. The van der Waals surface area contributed by atoms with Crippen LogP contribution in [0.3, 0.4) is 0 Å². The van der Waals surface area contributed by atoms with Gasteiger partial charge >= 0.3 is 0 Å². The standard InChI is InChI=1S/C15H21N3O3S/c1-2-13-16-10-12(22-13)15(20)18-7-5-17(6-8-18)14(19)11-4-3-9-21-11/h10-11H,2-9H2,1H3. The van der Waals surface area contributed by atoms with E-state index in [0.717, 1.165) is 24.3 Å². The summed E-state index contributed by atoms with van der Waals surface area (Å²) in [6, 6.07) is 0. The summed E-state index contributed by atoms with van der Waals surface area (Å²) >= 11 is 1.46. The van der Waals surface area contributed by atoms with E-state index in [2.05, 4.69) is 4.98 Å². The van der Waals surface area contributed by atoms with Crippen LogP contribution < -0.4 is 0 Å². The Morgan fingerprint density at radius 2 is 2.05 bits per heavy atom. The number of rotatable bonds is 3. The van der Waals surface area contributed by atoms with Gasteiger partial charge in [0.2, 0.25) is 0 Å². The first-order valence-electron chi connectivity index (χ1n) is 7.83. The molecule has 2 fully saturated rings. The second-order valence-corrected chi connectivity index (χ2v) is 6.71. The number of carbonyl (C=O) groups excluding carboxylic acids is 2. The molecule has 0 radical (unpaired) electrons. The van der Waals surface area contributed by atoms with E-state index in [1.54, 1.807) is 6.20 Å². The highest BCUT2D eigenvalue weighted by Crippen LogP contribution is 2.19. The maximum absolute atomic E-state index is 12.4. The molecular weight excluding hydrogens is 302 g/mol. The Hall–Kier alpha value is -1.47. The van der Waals surface area contributed by atoms with Crippen LogP contribution in [0.4, 0.5) is 0 Å². The average molecular weight is 323 g/mol. The largest absolute Gasteiger partial charge is 0.368 e. The van der Waals surface area contributed by atoms with Gasteiger partial charge in [0.1, 0.15) is 11.0 Å². The number of aromatic nitrogens is 1. The molecule has 0 aliphatic carbocycles. The summed E-state index contributed by atoms with van der Waals surface area (Å²) in [6.45, 7) is 5.05. The van der Waals surface area contributed by atoms with Crippen molar-refractivity contribution in [1.82, 2.24) is 14.8 Å². The summed E-state index contributed by atoms with van der Waals surface area (Å²) in [5.41, 5.74) is 0. The second-order valence-electron chi connectivity index (χ2n) is 5.59. The van der Waals surface area contributed by atoms with Crippen LogP contribution in [0, 0.1) is 0 Å². The summed E-state index contributed by atoms with van der Waals surface area (Å²) in [5.74, 6) is 0.108. The summed E-state index contributed by atoms with van der Waals surface area (Å²) < 4.78 is 5.45. The zero-order valence-corrected chi connectivity index (χ0v) is 13.6. The third-order valence-corrected chi connectivity index (χ3v) is 5.28. The van der Waals surface area contributed by atoms with Crippen molar-refractivity contribution in [2.75, 3.05) is 32.8 Å². The minimum atomic E-state index is -0.268. The predicted octanol–water partition coefficient (Wildman–Crippen LogP) is 1.17. The van der Waals surface area contributed by atoms with E-state index < -0.39 is 0 Å². The van der Waals surface area contributed by atoms with Crippen LogP contribution in [-0.2, 0) is 16.0 Å². The normalized spacial score (nSPS) is 22.1. The number of carbonyl (C=O) groups is 2. The first-order valence-corrected chi connectivity index (χ1v) is 8.65. The van der Waals surface area contributed by atoms with Crippen molar-refractivity contribution in [2.45, 2.75) is 32.3 Å². The lowest BCUT2D eigenvalue weighted by molar-refractivity contribution is -0.142. The highest BCUT2D eigenvalue weighted by molar-refractivity contribution is 7.13. The summed E-state index contributed by atoms with van der Waals surface area (Å²) in [4.78, 5) is 33.3. The SMILES string of the molecule is CCc1ncc(C(=O)N2CCN(C(=O)C3CCCO3)CC2)s1. The molecule has 1 aromatic heterocycles. The lowest BCUT2D eigenvalue weighted by atomic mass is 10.2. The van der Waals surface area contributed by atoms with E-state index in [9.17, 15) is 9.59 Å². The van der Waals surface area contributed by atoms with Gasteiger partial charge in [-0.15, -0.1) is 11.3 Å². The molecule has 0 N–H and O–H groups in total. The molecule has 0 spiro atoms. The molecule has 120 valence electrons. The molecule has 0 aromatic carbocycles. The molecule has 0 saturated carbocycles. The van der Waals surface area contributed by atoms with Gasteiger partial charge in [0.15, 0.2) is 0 Å². The molecule has 3 rings (SSSR count).